The largest absolute Gasteiger partial charge is 0.453 e. The highest BCUT2D eigenvalue weighted by atomic mass is 16.6. The van der Waals surface area contributed by atoms with E-state index in [4.69, 9.17) is 14.2 Å². The van der Waals surface area contributed by atoms with Gasteiger partial charge in [0.15, 0.2) is 0 Å². The van der Waals surface area contributed by atoms with Gasteiger partial charge in [0.05, 0.1) is 32.9 Å². The Kier molecular flexibility index (Phi) is 7.99. The Labute approximate surface area is 151 Å². The van der Waals surface area contributed by atoms with Gasteiger partial charge in [-0.2, -0.15) is 0 Å². The average Bonchev–Trinajstić information content (AvgIpc) is 2.95. The van der Waals surface area contributed by atoms with E-state index in [2.05, 4.69) is 6.92 Å². The first kappa shape index (κ1) is 21.5. The number of carbonyl (C=O) groups is 2. The van der Waals surface area contributed by atoms with E-state index in [9.17, 15) is 9.59 Å². The zero-order chi connectivity index (χ0) is 19.2. The molecule has 0 spiro atoms. The summed E-state index contributed by atoms with van der Waals surface area (Å²) in [6, 6.07) is -0.148. The molecule has 0 N–H and O–H groups in total. The summed E-state index contributed by atoms with van der Waals surface area (Å²) in [6.07, 6.45) is 1.15. The van der Waals surface area contributed by atoms with Gasteiger partial charge in [0, 0.05) is 12.0 Å². The molecular formula is C18H34N2O5. The first-order valence-electron chi connectivity index (χ1n) is 9.05. The SMILES string of the molecule is CCCCN(C[C@H]1O[C@H](C(C)(C)C)N(C(=O)OC)[C@@H]1CC)C(=O)OC. The van der Waals surface area contributed by atoms with Crippen molar-refractivity contribution in [1.29, 1.82) is 0 Å². The highest BCUT2D eigenvalue weighted by molar-refractivity contribution is 5.69. The zero-order valence-electron chi connectivity index (χ0n) is 16.7. The summed E-state index contributed by atoms with van der Waals surface area (Å²) < 4.78 is 16.1. The van der Waals surface area contributed by atoms with Crippen molar-refractivity contribution in [2.75, 3.05) is 27.3 Å². The molecule has 146 valence electrons. The molecule has 0 aromatic heterocycles. The van der Waals surface area contributed by atoms with Crippen molar-refractivity contribution in [1.82, 2.24) is 9.80 Å². The van der Waals surface area contributed by atoms with E-state index in [0.717, 1.165) is 19.3 Å². The second kappa shape index (κ2) is 9.27. The van der Waals surface area contributed by atoms with Crippen LogP contribution in [-0.2, 0) is 14.2 Å². The van der Waals surface area contributed by atoms with Crippen LogP contribution in [0, 0.1) is 5.41 Å². The smallest absolute Gasteiger partial charge is 0.411 e. The van der Waals surface area contributed by atoms with Gasteiger partial charge in [0.25, 0.3) is 0 Å². The number of unbranched alkanes of at least 4 members (excludes halogenated alkanes) is 1. The van der Waals surface area contributed by atoms with Gasteiger partial charge in [0.1, 0.15) is 6.23 Å². The molecule has 7 heteroatoms. The lowest BCUT2D eigenvalue weighted by Gasteiger charge is -2.34. The predicted molar refractivity (Wildman–Crippen MR) is 95.3 cm³/mol. The van der Waals surface area contributed by atoms with E-state index in [0.29, 0.717) is 13.1 Å². The molecule has 0 radical (unpaired) electrons. The summed E-state index contributed by atoms with van der Waals surface area (Å²) in [5.41, 5.74) is -0.268. The van der Waals surface area contributed by atoms with Crippen molar-refractivity contribution in [3.63, 3.8) is 0 Å². The molecule has 2 amide bonds. The Bertz CT molecular complexity index is 449. The van der Waals surface area contributed by atoms with Gasteiger partial charge in [-0.1, -0.05) is 41.0 Å². The van der Waals surface area contributed by atoms with Gasteiger partial charge < -0.3 is 19.1 Å². The molecule has 1 saturated heterocycles. The van der Waals surface area contributed by atoms with Gasteiger partial charge in [-0.25, -0.2) is 9.59 Å². The molecule has 1 aliphatic rings. The highest BCUT2D eigenvalue weighted by Gasteiger charge is 2.49. The first-order chi connectivity index (χ1) is 11.7. The molecule has 0 aliphatic carbocycles. The van der Waals surface area contributed by atoms with Crippen LogP contribution in [0.4, 0.5) is 9.59 Å². The molecule has 0 unspecified atom stereocenters. The van der Waals surface area contributed by atoms with Crippen molar-refractivity contribution in [3.8, 4) is 0 Å². The topological polar surface area (TPSA) is 68.3 Å². The summed E-state index contributed by atoms with van der Waals surface area (Å²) >= 11 is 0. The number of hydrogen-bond donors (Lipinski definition) is 0. The predicted octanol–water partition coefficient (Wildman–Crippen LogP) is 3.47. The fraction of sp³-hybridized carbons (Fsp3) is 0.889. The van der Waals surface area contributed by atoms with Gasteiger partial charge in [-0.3, -0.25) is 4.90 Å². The molecule has 1 fully saturated rings. The summed E-state index contributed by atoms with van der Waals surface area (Å²) in [4.78, 5) is 27.8. The summed E-state index contributed by atoms with van der Waals surface area (Å²) in [5, 5.41) is 0. The Balaban J connectivity index is 3.04. The average molecular weight is 358 g/mol. The van der Waals surface area contributed by atoms with Crippen LogP contribution in [-0.4, -0.2) is 67.7 Å². The Hall–Kier alpha value is -1.50. The van der Waals surface area contributed by atoms with E-state index in [1.807, 2.05) is 27.7 Å². The monoisotopic (exact) mass is 358 g/mol. The first-order valence-corrected chi connectivity index (χ1v) is 9.05. The third-order valence-electron chi connectivity index (χ3n) is 4.50. The van der Waals surface area contributed by atoms with E-state index >= 15 is 0 Å². The number of hydrogen-bond acceptors (Lipinski definition) is 5. The molecule has 0 bridgehead atoms. The van der Waals surface area contributed by atoms with Crippen molar-refractivity contribution >= 4 is 12.2 Å². The Morgan fingerprint density at radius 3 is 2.24 bits per heavy atom. The molecule has 0 aromatic carbocycles. The molecule has 3 atom stereocenters. The second-order valence-electron chi connectivity index (χ2n) is 7.52. The van der Waals surface area contributed by atoms with E-state index < -0.39 is 12.3 Å². The Morgan fingerprint density at radius 2 is 1.80 bits per heavy atom. The number of carbonyl (C=O) groups excluding carboxylic acids is 2. The lowest BCUT2D eigenvalue weighted by molar-refractivity contribution is -0.0671. The quantitative estimate of drug-likeness (QED) is 0.727. The number of methoxy groups -OCH3 is 2. The minimum absolute atomic E-state index is 0.148. The van der Waals surface area contributed by atoms with Crippen LogP contribution >= 0.6 is 0 Å². The fourth-order valence-electron chi connectivity index (χ4n) is 3.21. The molecule has 7 nitrogen and oxygen atoms in total. The number of rotatable bonds is 6. The molecule has 1 heterocycles. The van der Waals surface area contributed by atoms with E-state index in [1.54, 1.807) is 9.80 Å². The van der Waals surface area contributed by atoms with Crippen LogP contribution in [0.3, 0.4) is 0 Å². The van der Waals surface area contributed by atoms with Crippen LogP contribution in [0.1, 0.15) is 53.9 Å². The number of amides is 2. The van der Waals surface area contributed by atoms with Crippen LogP contribution in [0.2, 0.25) is 0 Å². The number of ether oxygens (including phenoxy) is 3. The molecule has 25 heavy (non-hydrogen) atoms. The third-order valence-corrected chi connectivity index (χ3v) is 4.50. The maximum Gasteiger partial charge on any atom is 0.411 e. The van der Waals surface area contributed by atoms with Crippen molar-refractivity contribution in [3.05, 3.63) is 0 Å². The fourth-order valence-corrected chi connectivity index (χ4v) is 3.21. The summed E-state index contributed by atoms with van der Waals surface area (Å²) in [6.45, 7) is 11.2. The molecular weight excluding hydrogens is 324 g/mol. The molecule has 0 aromatic rings. The second-order valence-corrected chi connectivity index (χ2v) is 7.52. The van der Waals surface area contributed by atoms with Gasteiger partial charge >= 0.3 is 12.2 Å². The van der Waals surface area contributed by atoms with Crippen molar-refractivity contribution < 1.29 is 23.8 Å². The minimum atomic E-state index is -0.402. The standard InChI is InChI=1S/C18H34N2O5/c1-8-10-11-19(16(21)23-6)12-14-13(9-2)20(17(22)24-7)15(25-14)18(3,4)5/h13-15H,8-12H2,1-7H3/t13-,14-,15-/m1/s1. The van der Waals surface area contributed by atoms with E-state index in [-0.39, 0.29) is 23.7 Å². The normalized spacial score (nSPS) is 23.5. The molecule has 0 saturated carbocycles. The Morgan fingerprint density at radius 1 is 1.16 bits per heavy atom. The zero-order valence-corrected chi connectivity index (χ0v) is 16.7. The lowest BCUT2D eigenvalue weighted by Crippen LogP contribution is -2.49. The molecule has 1 rings (SSSR count). The summed E-state index contributed by atoms with van der Waals surface area (Å²) in [5.74, 6) is 0. The van der Waals surface area contributed by atoms with Gasteiger partial charge in [-0.15, -0.1) is 0 Å². The lowest BCUT2D eigenvalue weighted by atomic mass is 9.93. The van der Waals surface area contributed by atoms with Crippen molar-refractivity contribution in [2.24, 2.45) is 5.41 Å². The van der Waals surface area contributed by atoms with Crippen molar-refractivity contribution in [2.45, 2.75) is 72.3 Å². The van der Waals surface area contributed by atoms with Gasteiger partial charge in [-0.05, 0) is 12.8 Å². The van der Waals surface area contributed by atoms with E-state index in [1.165, 1.54) is 14.2 Å². The molecule has 1 aliphatic heterocycles. The van der Waals surface area contributed by atoms with Crippen LogP contribution in [0.15, 0.2) is 0 Å². The number of nitrogens with zero attached hydrogens (tertiary/aromatic N) is 2. The third kappa shape index (κ3) is 5.23. The van der Waals surface area contributed by atoms with Crippen LogP contribution in [0.25, 0.3) is 0 Å². The maximum atomic E-state index is 12.4. The van der Waals surface area contributed by atoms with Crippen LogP contribution < -0.4 is 0 Å². The van der Waals surface area contributed by atoms with Crippen LogP contribution in [0.5, 0.6) is 0 Å². The minimum Gasteiger partial charge on any atom is -0.453 e. The maximum absolute atomic E-state index is 12.4. The summed E-state index contributed by atoms with van der Waals surface area (Å²) in [7, 11) is 2.76. The highest BCUT2D eigenvalue weighted by Crippen LogP contribution is 2.37. The van der Waals surface area contributed by atoms with Gasteiger partial charge in [0.2, 0.25) is 0 Å².